The number of sulfonamides is 1. The second kappa shape index (κ2) is 12.4. The molecule has 0 bridgehead atoms. The predicted molar refractivity (Wildman–Crippen MR) is 156 cm³/mol. The van der Waals surface area contributed by atoms with Gasteiger partial charge in [0.1, 0.15) is 11.4 Å². The normalized spacial score (nSPS) is 13.8. The molecule has 206 valence electrons. The zero-order chi connectivity index (χ0) is 28.0. The third kappa shape index (κ3) is 6.66. The number of H-pyrrole nitrogens is 1. The molecule has 4 aromatic rings. The fourth-order valence-corrected chi connectivity index (χ4v) is 6.38. The van der Waals surface area contributed by atoms with Crippen molar-refractivity contribution in [2.45, 2.75) is 50.8 Å². The minimum Gasteiger partial charge on any atom is -0.497 e. The Balaban J connectivity index is 0.00000172. The second-order valence-corrected chi connectivity index (χ2v) is 11.7. The Morgan fingerprint density at radius 1 is 1.03 bits per heavy atom. The maximum absolute atomic E-state index is 12.8. The van der Waals surface area contributed by atoms with E-state index in [2.05, 4.69) is 20.0 Å². The van der Waals surface area contributed by atoms with Crippen LogP contribution < -0.4 is 20.3 Å². The van der Waals surface area contributed by atoms with Gasteiger partial charge in [0.25, 0.3) is 15.6 Å². The highest BCUT2D eigenvalue weighted by Crippen LogP contribution is 2.32. The summed E-state index contributed by atoms with van der Waals surface area (Å²) in [6.45, 7) is 4.00. The first-order valence-corrected chi connectivity index (χ1v) is 15.2. The highest BCUT2D eigenvalue weighted by molar-refractivity contribution is 7.92. The molecule has 0 radical (unpaired) electrons. The lowest BCUT2D eigenvalue weighted by Crippen LogP contribution is -2.24. The van der Waals surface area contributed by atoms with E-state index in [-0.39, 0.29) is 22.4 Å². The second-order valence-electron chi connectivity index (χ2n) is 8.94. The van der Waals surface area contributed by atoms with E-state index in [0.717, 1.165) is 41.5 Å². The molecule has 0 unspecified atom stereocenters. The van der Waals surface area contributed by atoms with E-state index >= 15 is 0 Å². The Morgan fingerprint density at radius 3 is 2.44 bits per heavy atom. The zero-order valence-corrected chi connectivity index (χ0v) is 23.7. The molecule has 1 fully saturated rings. The Hall–Kier alpha value is -3.70. The number of ether oxygens (including phenoxy) is 1. The van der Waals surface area contributed by atoms with Crippen molar-refractivity contribution in [2.75, 3.05) is 17.1 Å². The molecule has 9 nitrogen and oxygen atoms in total. The molecular formula is C28H32N4O5S2. The van der Waals surface area contributed by atoms with Gasteiger partial charge in [0.05, 0.1) is 22.2 Å². The van der Waals surface area contributed by atoms with Crippen molar-refractivity contribution in [3.8, 4) is 16.9 Å². The standard InChI is InChI=1S/C26H26N4O5S2.C2H6/c1-35-19-8-10-20(11-9-19)37(33,34)30-22-13-18(15-27-25(22)32)17-7-12-21-23(14-17)36-26(28-21)29-24(31)16-5-3-2-4-6-16;1-2/h7-16,30H,2-6H2,1H3,(H,27,32)(H,28,29,31);1-2H3. The van der Waals surface area contributed by atoms with E-state index < -0.39 is 15.6 Å². The molecule has 0 saturated heterocycles. The van der Waals surface area contributed by atoms with Crippen LogP contribution >= 0.6 is 11.3 Å². The van der Waals surface area contributed by atoms with E-state index in [0.29, 0.717) is 16.4 Å². The van der Waals surface area contributed by atoms with Gasteiger partial charge in [-0.25, -0.2) is 13.4 Å². The summed E-state index contributed by atoms with van der Waals surface area (Å²) in [4.78, 5) is 32.2. The zero-order valence-electron chi connectivity index (χ0n) is 22.1. The van der Waals surface area contributed by atoms with Crippen molar-refractivity contribution in [3.05, 3.63) is 65.1 Å². The molecule has 1 aliphatic rings. The maximum Gasteiger partial charge on any atom is 0.272 e. The molecule has 0 aliphatic heterocycles. The van der Waals surface area contributed by atoms with Gasteiger partial charge in [0.2, 0.25) is 5.91 Å². The number of aromatic nitrogens is 2. The molecular weight excluding hydrogens is 536 g/mol. The first-order valence-electron chi connectivity index (χ1n) is 12.9. The molecule has 0 atom stereocenters. The monoisotopic (exact) mass is 568 g/mol. The number of methoxy groups -OCH3 is 1. The number of nitrogens with zero attached hydrogens (tertiary/aromatic N) is 1. The van der Waals surface area contributed by atoms with Crippen molar-refractivity contribution < 1.29 is 17.9 Å². The highest BCUT2D eigenvalue weighted by atomic mass is 32.2. The third-order valence-corrected chi connectivity index (χ3v) is 8.76. The van der Waals surface area contributed by atoms with Crippen molar-refractivity contribution in [1.29, 1.82) is 0 Å². The summed E-state index contributed by atoms with van der Waals surface area (Å²) >= 11 is 1.38. The number of amides is 1. The van der Waals surface area contributed by atoms with Gasteiger partial charge in [-0.1, -0.05) is 50.5 Å². The van der Waals surface area contributed by atoms with E-state index in [4.69, 9.17) is 4.74 Å². The van der Waals surface area contributed by atoms with Crippen molar-refractivity contribution in [2.24, 2.45) is 5.92 Å². The van der Waals surface area contributed by atoms with Crippen LogP contribution in [-0.4, -0.2) is 31.4 Å². The van der Waals surface area contributed by atoms with Gasteiger partial charge < -0.3 is 15.0 Å². The van der Waals surface area contributed by atoms with Gasteiger partial charge >= 0.3 is 0 Å². The fourth-order valence-electron chi connectivity index (χ4n) is 4.41. The van der Waals surface area contributed by atoms with Crippen molar-refractivity contribution in [3.63, 3.8) is 0 Å². The number of aromatic amines is 1. The summed E-state index contributed by atoms with van der Waals surface area (Å²) in [6.07, 6.45) is 6.71. The summed E-state index contributed by atoms with van der Waals surface area (Å²) in [5.41, 5.74) is 1.47. The van der Waals surface area contributed by atoms with E-state index in [1.54, 1.807) is 0 Å². The van der Waals surface area contributed by atoms with Crippen LogP contribution in [0, 0.1) is 5.92 Å². The van der Waals surface area contributed by atoms with Crippen molar-refractivity contribution >= 4 is 48.3 Å². The number of fused-ring (bicyclic) bond motifs is 1. The van der Waals surface area contributed by atoms with Crippen LogP contribution in [-0.2, 0) is 14.8 Å². The largest absolute Gasteiger partial charge is 0.497 e. The third-order valence-electron chi connectivity index (χ3n) is 6.45. The number of benzene rings is 2. The summed E-state index contributed by atoms with van der Waals surface area (Å²) in [6, 6.07) is 12.9. The summed E-state index contributed by atoms with van der Waals surface area (Å²) in [7, 11) is -2.49. The average Bonchev–Trinajstić information content (AvgIpc) is 3.37. The lowest BCUT2D eigenvalue weighted by atomic mass is 9.89. The van der Waals surface area contributed by atoms with Crippen LogP contribution in [0.1, 0.15) is 46.0 Å². The smallest absolute Gasteiger partial charge is 0.272 e. The van der Waals surface area contributed by atoms with Crippen LogP contribution in [0.3, 0.4) is 0 Å². The van der Waals surface area contributed by atoms with E-state index in [9.17, 15) is 18.0 Å². The van der Waals surface area contributed by atoms with Gasteiger partial charge in [0.15, 0.2) is 5.13 Å². The first-order chi connectivity index (χ1) is 18.8. The molecule has 1 aliphatic carbocycles. The molecule has 5 rings (SSSR count). The Kier molecular flexibility index (Phi) is 9.03. The lowest BCUT2D eigenvalue weighted by molar-refractivity contribution is -0.120. The molecule has 39 heavy (non-hydrogen) atoms. The summed E-state index contributed by atoms with van der Waals surface area (Å²) in [5.74, 6) is 0.583. The Bertz CT molecular complexity index is 1610. The molecule has 11 heteroatoms. The van der Waals surface area contributed by atoms with Gasteiger partial charge in [-0.15, -0.1) is 0 Å². The SMILES string of the molecule is CC.COc1ccc(S(=O)(=O)Nc2cc(-c3ccc4nc(NC(=O)C5CCCCC5)sc4c3)c[nH]c2=O)cc1. The topological polar surface area (TPSA) is 130 Å². The van der Waals surface area contributed by atoms with E-state index in [1.165, 1.54) is 61.4 Å². The van der Waals surface area contributed by atoms with Gasteiger partial charge in [-0.2, -0.15) is 0 Å². The number of carbonyl (C=O) groups is 1. The first kappa shape index (κ1) is 28.3. The number of anilines is 2. The fraction of sp³-hybridized carbons (Fsp3) is 0.321. The van der Waals surface area contributed by atoms with Crippen LogP contribution in [0.2, 0.25) is 0 Å². The molecule has 1 amide bonds. The molecule has 1 saturated carbocycles. The van der Waals surface area contributed by atoms with Crippen LogP contribution in [0.5, 0.6) is 5.75 Å². The molecule has 2 aromatic heterocycles. The van der Waals surface area contributed by atoms with Crippen LogP contribution in [0.25, 0.3) is 21.3 Å². The number of pyridine rings is 1. The minimum atomic E-state index is -3.99. The van der Waals surface area contributed by atoms with Crippen LogP contribution in [0.15, 0.2) is 64.4 Å². The number of hydrogen-bond acceptors (Lipinski definition) is 7. The molecule has 2 heterocycles. The molecule has 2 aromatic carbocycles. The predicted octanol–water partition coefficient (Wildman–Crippen LogP) is 6.01. The number of carbonyl (C=O) groups excluding carboxylic acids is 1. The number of nitrogens with one attached hydrogen (secondary N) is 3. The Morgan fingerprint density at radius 2 is 1.74 bits per heavy atom. The minimum absolute atomic E-state index is 0.00647. The lowest BCUT2D eigenvalue weighted by Gasteiger charge is -2.19. The van der Waals surface area contributed by atoms with Gasteiger partial charge in [-0.05, 0) is 60.9 Å². The van der Waals surface area contributed by atoms with Gasteiger partial charge in [-0.3, -0.25) is 14.3 Å². The number of hydrogen-bond donors (Lipinski definition) is 3. The summed E-state index contributed by atoms with van der Waals surface area (Å²) in [5, 5.41) is 3.51. The van der Waals surface area contributed by atoms with E-state index in [1.807, 2.05) is 32.0 Å². The number of rotatable bonds is 7. The Labute approximate surface area is 231 Å². The highest BCUT2D eigenvalue weighted by Gasteiger charge is 2.22. The van der Waals surface area contributed by atoms with Crippen molar-refractivity contribution in [1.82, 2.24) is 9.97 Å². The average molecular weight is 569 g/mol. The number of thiazole rings is 1. The van der Waals surface area contributed by atoms with Crippen LogP contribution in [0.4, 0.5) is 10.8 Å². The molecule has 3 N–H and O–H groups in total. The summed E-state index contributed by atoms with van der Waals surface area (Å²) < 4.78 is 34.0. The molecule has 0 spiro atoms. The van der Waals surface area contributed by atoms with Gasteiger partial charge in [0, 0.05) is 17.7 Å². The quantitative estimate of drug-likeness (QED) is 0.250. The maximum atomic E-state index is 12.8.